The van der Waals surface area contributed by atoms with E-state index < -0.39 is 0 Å². The summed E-state index contributed by atoms with van der Waals surface area (Å²) in [5.41, 5.74) is 3.08. The molecule has 0 saturated heterocycles. The van der Waals surface area contributed by atoms with Gasteiger partial charge in [0.05, 0.1) is 12.3 Å². The van der Waals surface area contributed by atoms with Crippen molar-refractivity contribution >= 4 is 21.9 Å². The van der Waals surface area contributed by atoms with Crippen molar-refractivity contribution in [1.29, 1.82) is 0 Å². The summed E-state index contributed by atoms with van der Waals surface area (Å²) in [4.78, 5) is 19.1. The van der Waals surface area contributed by atoms with Crippen molar-refractivity contribution in [3.63, 3.8) is 0 Å². The minimum absolute atomic E-state index is 0.254. The average molecular weight is 287 g/mol. The molecule has 0 fully saturated rings. The zero-order valence-corrected chi connectivity index (χ0v) is 11.1. The van der Waals surface area contributed by atoms with Crippen LogP contribution < -0.4 is 0 Å². The largest absolute Gasteiger partial charge is 0.466 e. The molecule has 0 saturated carbocycles. The molecule has 0 aliphatic carbocycles. The monoisotopic (exact) mass is 286 g/mol. The van der Waals surface area contributed by atoms with Gasteiger partial charge in [-0.3, -0.25) is 4.79 Å². The highest BCUT2D eigenvalue weighted by molar-refractivity contribution is 9.08. The quantitative estimate of drug-likeness (QED) is 0.614. The first-order valence-electron chi connectivity index (χ1n) is 5.20. The van der Waals surface area contributed by atoms with Crippen LogP contribution in [0.1, 0.15) is 30.8 Å². The number of carbonyl (C=O) groups is 1. The van der Waals surface area contributed by atoms with E-state index in [0.717, 1.165) is 23.4 Å². The molecule has 1 aromatic heterocycles. The summed E-state index contributed by atoms with van der Waals surface area (Å²) >= 11 is 3.39. The molecule has 1 heterocycles. The summed E-state index contributed by atoms with van der Waals surface area (Å²) in [6.07, 6.45) is 3.10. The molecular formula is C11H15BrN2O2. The molecule has 88 valence electrons. The lowest BCUT2D eigenvalue weighted by molar-refractivity contribution is -0.140. The first-order chi connectivity index (χ1) is 7.69. The van der Waals surface area contributed by atoms with Crippen LogP contribution in [0.15, 0.2) is 6.33 Å². The van der Waals surface area contributed by atoms with Crippen LogP contribution in [0, 0.1) is 0 Å². The maximum atomic E-state index is 10.7. The van der Waals surface area contributed by atoms with E-state index in [-0.39, 0.29) is 5.97 Å². The first-order valence-corrected chi connectivity index (χ1v) is 6.32. The summed E-state index contributed by atoms with van der Waals surface area (Å²) in [6, 6.07) is 0. The summed E-state index contributed by atoms with van der Waals surface area (Å²) in [6.45, 7) is 3.85. The molecule has 1 aromatic rings. The number of aryl methyl sites for hydroxylation is 1. The summed E-state index contributed by atoms with van der Waals surface area (Å²) in [5, 5.41) is 0.692. The molecule has 0 unspecified atom stereocenters. The van der Waals surface area contributed by atoms with E-state index in [1.165, 1.54) is 6.92 Å². The number of rotatable bonds is 5. The van der Waals surface area contributed by atoms with Crippen LogP contribution in [0.2, 0.25) is 0 Å². The van der Waals surface area contributed by atoms with Crippen LogP contribution in [-0.4, -0.2) is 22.5 Å². The maximum Gasteiger partial charge on any atom is 0.302 e. The molecule has 0 spiro atoms. The van der Waals surface area contributed by atoms with Crippen LogP contribution in [0.4, 0.5) is 0 Å². The van der Waals surface area contributed by atoms with E-state index in [2.05, 4.69) is 32.8 Å². The van der Waals surface area contributed by atoms with Gasteiger partial charge in [-0.05, 0) is 12.0 Å². The molecule has 0 amide bonds. The second-order valence-electron chi connectivity index (χ2n) is 3.32. The van der Waals surface area contributed by atoms with Gasteiger partial charge < -0.3 is 4.74 Å². The predicted molar refractivity (Wildman–Crippen MR) is 64.4 cm³/mol. The lowest BCUT2D eigenvalue weighted by atomic mass is 10.1. The fourth-order valence-corrected chi connectivity index (χ4v) is 1.98. The zero-order chi connectivity index (χ0) is 12.0. The van der Waals surface area contributed by atoms with Gasteiger partial charge in [0.25, 0.3) is 0 Å². The molecule has 0 radical (unpaired) electrons. The molecule has 0 N–H and O–H groups in total. The summed E-state index contributed by atoms with van der Waals surface area (Å²) < 4.78 is 4.94. The minimum Gasteiger partial charge on any atom is -0.466 e. The number of hydrogen-bond acceptors (Lipinski definition) is 4. The molecule has 0 aliphatic heterocycles. The van der Waals surface area contributed by atoms with Crippen molar-refractivity contribution in [2.45, 2.75) is 32.0 Å². The molecule has 0 aromatic carbocycles. The van der Waals surface area contributed by atoms with Crippen LogP contribution in [0.3, 0.4) is 0 Å². The Bertz CT molecular complexity index is 347. The highest BCUT2D eigenvalue weighted by Crippen LogP contribution is 2.14. The maximum absolute atomic E-state index is 10.7. The molecule has 0 aliphatic rings. The number of ether oxygens (including phenoxy) is 1. The fourth-order valence-electron chi connectivity index (χ4n) is 1.50. The van der Waals surface area contributed by atoms with E-state index >= 15 is 0 Å². The first kappa shape index (κ1) is 13.1. The number of hydrogen-bond donors (Lipinski definition) is 0. The fraction of sp³-hybridized carbons (Fsp3) is 0.545. The topological polar surface area (TPSA) is 52.1 Å². The molecular weight excluding hydrogens is 272 g/mol. The molecule has 0 atom stereocenters. The Morgan fingerprint density at radius 2 is 2.12 bits per heavy atom. The SMILES string of the molecule is CCc1ncnc(CBr)c1CCOC(C)=O. The normalized spacial score (nSPS) is 10.2. The average Bonchev–Trinajstić information content (AvgIpc) is 2.28. The highest BCUT2D eigenvalue weighted by atomic mass is 79.9. The van der Waals surface area contributed by atoms with Crippen LogP contribution in [0.25, 0.3) is 0 Å². The van der Waals surface area contributed by atoms with Gasteiger partial charge in [-0.15, -0.1) is 0 Å². The zero-order valence-electron chi connectivity index (χ0n) is 9.49. The Hall–Kier alpha value is -0.970. The second-order valence-corrected chi connectivity index (χ2v) is 3.88. The summed E-state index contributed by atoms with van der Waals surface area (Å²) in [7, 11) is 0. The van der Waals surface area contributed by atoms with Crippen molar-refractivity contribution in [2.75, 3.05) is 6.61 Å². The Morgan fingerprint density at radius 3 is 2.69 bits per heavy atom. The van der Waals surface area contributed by atoms with Gasteiger partial charge in [0.2, 0.25) is 0 Å². The van der Waals surface area contributed by atoms with Gasteiger partial charge in [-0.1, -0.05) is 22.9 Å². The molecule has 4 nitrogen and oxygen atoms in total. The van der Waals surface area contributed by atoms with Gasteiger partial charge in [-0.25, -0.2) is 9.97 Å². The number of aromatic nitrogens is 2. The smallest absolute Gasteiger partial charge is 0.302 e. The molecule has 1 rings (SSSR count). The van der Waals surface area contributed by atoms with Crippen LogP contribution in [-0.2, 0) is 27.7 Å². The number of alkyl halides is 1. The van der Waals surface area contributed by atoms with Crippen molar-refractivity contribution < 1.29 is 9.53 Å². The Labute approximate surface area is 104 Å². The van der Waals surface area contributed by atoms with Gasteiger partial charge in [0.15, 0.2) is 0 Å². The third-order valence-corrected chi connectivity index (χ3v) is 2.77. The number of carbonyl (C=O) groups excluding carboxylic acids is 1. The van der Waals surface area contributed by atoms with Crippen LogP contribution in [0.5, 0.6) is 0 Å². The number of esters is 1. The van der Waals surface area contributed by atoms with Crippen LogP contribution >= 0.6 is 15.9 Å². The van der Waals surface area contributed by atoms with Gasteiger partial charge >= 0.3 is 5.97 Å². The Morgan fingerprint density at radius 1 is 1.44 bits per heavy atom. The summed E-state index contributed by atoms with van der Waals surface area (Å²) in [5.74, 6) is -0.254. The third-order valence-electron chi connectivity index (χ3n) is 2.24. The Kier molecular flexibility index (Phi) is 5.38. The third kappa shape index (κ3) is 3.56. The van der Waals surface area contributed by atoms with E-state index in [9.17, 15) is 4.79 Å². The molecule has 16 heavy (non-hydrogen) atoms. The van der Waals surface area contributed by atoms with Gasteiger partial charge in [-0.2, -0.15) is 0 Å². The van der Waals surface area contributed by atoms with Gasteiger partial charge in [0.1, 0.15) is 6.33 Å². The van der Waals surface area contributed by atoms with Crippen molar-refractivity contribution in [1.82, 2.24) is 9.97 Å². The number of nitrogens with zero attached hydrogens (tertiary/aromatic N) is 2. The lowest BCUT2D eigenvalue weighted by Crippen LogP contribution is -2.09. The van der Waals surface area contributed by atoms with E-state index in [1.807, 2.05) is 0 Å². The second kappa shape index (κ2) is 6.58. The van der Waals surface area contributed by atoms with E-state index in [4.69, 9.17) is 4.74 Å². The van der Waals surface area contributed by atoms with Crippen molar-refractivity contribution in [3.05, 3.63) is 23.3 Å². The highest BCUT2D eigenvalue weighted by Gasteiger charge is 2.09. The minimum atomic E-state index is -0.254. The van der Waals surface area contributed by atoms with Crippen molar-refractivity contribution in [3.8, 4) is 0 Å². The van der Waals surface area contributed by atoms with E-state index in [0.29, 0.717) is 18.4 Å². The molecule has 0 bridgehead atoms. The van der Waals surface area contributed by atoms with Gasteiger partial charge in [0, 0.05) is 24.4 Å². The standard InChI is InChI=1S/C11H15BrN2O2/c1-3-10-9(4-5-16-8(2)15)11(6-12)14-7-13-10/h7H,3-6H2,1-2H3. The molecule has 5 heteroatoms. The van der Waals surface area contributed by atoms with E-state index in [1.54, 1.807) is 6.33 Å². The number of halogens is 1. The van der Waals surface area contributed by atoms with Crippen molar-refractivity contribution in [2.24, 2.45) is 0 Å². The Balaban J connectivity index is 2.78. The lowest BCUT2D eigenvalue weighted by Gasteiger charge is -2.10. The predicted octanol–water partition coefficient (Wildman–Crippen LogP) is 2.04.